The lowest BCUT2D eigenvalue weighted by Crippen LogP contribution is -2.18. The van der Waals surface area contributed by atoms with Crippen LogP contribution in [0.25, 0.3) is 12.2 Å². The van der Waals surface area contributed by atoms with Gasteiger partial charge in [0.15, 0.2) is 0 Å². The highest BCUT2D eigenvalue weighted by molar-refractivity contribution is 6.01. The SMILES string of the molecule is CCOC(=O)/C(C#N)=C\c1ccc(N2N=C(/C=C/c3ccccc3)C[C@@H]2c2ccccc2)cc1. The van der Waals surface area contributed by atoms with E-state index in [2.05, 4.69) is 36.4 Å². The fourth-order valence-corrected chi connectivity index (χ4v) is 3.80. The van der Waals surface area contributed by atoms with E-state index in [1.807, 2.05) is 71.7 Å². The zero-order valence-electron chi connectivity index (χ0n) is 19.0. The van der Waals surface area contributed by atoms with E-state index in [-0.39, 0.29) is 18.2 Å². The van der Waals surface area contributed by atoms with Crippen LogP contribution >= 0.6 is 0 Å². The molecule has 0 aliphatic carbocycles. The van der Waals surface area contributed by atoms with Gasteiger partial charge in [-0.15, -0.1) is 0 Å². The van der Waals surface area contributed by atoms with E-state index in [0.29, 0.717) is 0 Å². The van der Waals surface area contributed by atoms with Gasteiger partial charge in [0.1, 0.15) is 11.6 Å². The lowest BCUT2D eigenvalue weighted by Gasteiger charge is -2.24. The fourth-order valence-electron chi connectivity index (χ4n) is 3.80. The molecule has 3 aromatic rings. The Morgan fingerprint density at radius 2 is 1.68 bits per heavy atom. The molecule has 0 saturated carbocycles. The topological polar surface area (TPSA) is 65.7 Å². The van der Waals surface area contributed by atoms with Crippen LogP contribution in [0.3, 0.4) is 0 Å². The second-order valence-corrected chi connectivity index (χ2v) is 7.79. The van der Waals surface area contributed by atoms with Crippen molar-refractivity contribution in [3.8, 4) is 6.07 Å². The molecule has 0 bridgehead atoms. The van der Waals surface area contributed by atoms with Crippen molar-refractivity contribution in [2.75, 3.05) is 11.6 Å². The fraction of sp³-hybridized carbons (Fsp3) is 0.138. The summed E-state index contributed by atoms with van der Waals surface area (Å²) in [6.45, 7) is 1.94. The maximum Gasteiger partial charge on any atom is 0.348 e. The molecule has 0 amide bonds. The summed E-state index contributed by atoms with van der Waals surface area (Å²) in [6, 6.07) is 30.1. The Hall–Kier alpha value is -4.43. The molecule has 0 spiro atoms. The van der Waals surface area contributed by atoms with Crippen LogP contribution in [-0.2, 0) is 9.53 Å². The van der Waals surface area contributed by atoms with Gasteiger partial charge in [-0.1, -0.05) is 78.9 Å². The quantitative estimate of drug-likeness (QED) is 0.246. The van der Waals surface area contributed by atoms with Gasteiger partial charge in [0, 0.05) is 6.42 Å². The van der Waals surface area contributed by atoms with Gasteiger partial charge >= 0.3 is 5.97 Å². The molecule has 0 N–H and O–H groups in total. The van der Waals surface area contributed by atoms with Gasteiger partial charge in [-0.3, -0.25) is 5.01 Å². The van der Waals surface area contributed by atoms with E-state index in [0.717, 1.165) is 28.9 Å². The minimum Gasteiger partial charge on any atom is -0.462 e. The first-order valence-electron chi connectivity index (χ1n) is 11.2. The minimum atomic E-state index is -0.614. The van der Waals surface area contributed by atoms with Crippen LogP contribution in [0.1, 0.15) is 36.1 Å². The number of anilines is 1. The van der Waals surface area contributed by atoms with E-state index in [9.17, 15) is 10.1 Å². The van der Waals surface area contributed by atoms with Crippen molar-refractivity contribution in [1.82, 2.24) is 0 Å². The molecule has 0 fully saturated rings. The average Bonchev–Trinajstić information content (AvgIpc) is 3.32. The third-order valence-corrected chi connectivity index (χ3v) is 5.47. The molecule has 0 unspecified atom stereocenters. The first-order chi connectivity index (χ1) is 16.7. The van der Waals surface area contributed by atoms with Crippen molar-refractivity contribution in [1.29, 1.82) is 5.26 Å². The number of rotatable bonds is 7. The summed E-state index contributed by atoms with van der Waals surface area (Å²) in [6.07, 6.45) is 6.48. The normalized spacial score (nSPS) is 15.8. The molecule has 1 aliphatic rings. The highest BCUT2D eigenvalue weighted by atomic mass is 16.5. The monoisotopic (exact) mass is 447 g/mol. The van der Waals surface area contributed by atoms with Gasteiger partial charge in [0.05, 0.1) is 24.0 Å². The minimum absolute atomic E-state index is 0.0238. The second-order valence-electron chi connectivity index (χ2n) is 7.79. The summed E-state index contributed by atoms with van der Waals surface area (Å²) in [4.78, 5) is 11.9. The van der Waals surface area contributed by atoms with Crippen molar-refractivity contribution >= 4 is 29.5 Å². The molecule has 4 rings (SSSR count). The smallest absolute Gasteiger partial charge is 0.348 e. The number of hydrogen-bond acceptors (Lipinski definition) is 5. The first kappa shape index (κ1) is 22.8. The molecular weight excluding hydrogens is 422 g/mol. The lowest BCUT2D eigenvalue weighted by molar-refractivity contribution is -0.137. The number of nitrogens with zero attached hydrogens (tertiary/aromatic N) is 3. The molecule has 0 aromatic heterocycles. The number of allylic oxidation sites excluding steroid dienone is 1. The summed E-state index contributed by atoms with van der Waals surface area (Å²) in [5.41, 5.74) is 4.97. The van der Waals surface area contributed by atoms with E-state index < -0.39 is 5.97 Å². The van der Waals surface area contributed by atoms with Crippen molar-refractivity contribution in [3.05, 3.63) is 113 Å². The number of hydrogen-bond donors (Lipinski definition) is 0. The third-order valence-electron chi connectivity index (χ3n) is 5.47. The highest BCUT2D eigenvalue weighted by Crippen LogP contribution is 2.35. The first-order valence-corrected chi connectivity index (χ1v) is 11.2. The van der Waals surface area contributed by atoms with Crippen molar-refractivity contribution < 1.29 is 9.53 Å². The number of carbonyl (C=O) groups is 1. The van der Waals surface area contributed by atoms with Gasteiger partial charge in [-0.25, -0.2) is 4.79 Å². The van der Waals surface area contributed by atoms with Crippen LogP contribution in [0.4, 0.5) is 5.69 Å². The largest absolute Gasteiger partial charge is 0.462 e. The number of carbonyl (C=O) groups excluding carboxylic acids is 1. The molecule has 0 radical (unpaired) electrons. The molecule has 1 heterocycles. The standard InChI is InChI=1S/C29H25N3O2/c1-2-34-29(33)25(21-30)19-23-14-17-27(18-15-23)32-28(24-11-7-4-8-12-24)20-26(31-32)16-13-22-9-5-3-6-10-22/h3-19,28H,2,20H2,1H3/b16-13+,25-19-/t28-/m1/s1. The van der Waals surface area contributed by atoms with Crippen molar-refractivity contribution in [2.24, 2.45) is 5.10 Å². The van der Waals surface area contributed by atoms with Crippen molar-refractivity contribution in [3.63, 3.8) is 0 Å². The van der Waals surface area contributed by atoms with E-state index in [1.54, 1.807) is 6.92 Å². The Balaban J connectivity index is 1.61. The Bertz CT molecular complexity index is 1250. The van der Waals surface area contributed by atoms with Gasteiger partial charge in [0.25, 0.3) is 0 Å². The molecule has 5 nitrogen and oxygen atoms in total. The number of ether oxygens (including phenoxy) is 1. The maximum atomic E-state index is 11.9. The van der Waals surface area contributed by atoms with Crippen LogP contribution in [0.15, 0.2) is 102 Å². The summed E-state index contributed by atoms with van der Waals surface area (Å²) in [5.74, 6) is -0.614. The second kappa shape index (κ2) is 10.9. The van der Waals surface area contributed by atoms with Gasteiger partial charge in [-0.2, -0.15) is 10.4 Å². The lowest BCUT2D eigenvalue weighted by atomic mass is 10.0. The maximum absolute atomic E-state index is 11.9. The van der Waals surface area contributed by atoms with E-state index in [1.165, 1.54) is 11.6 Å². The Morgan fingerprint density at radius 3 is 2.32 bits per heavy atom. The summed E-state index contributed by atoms with van der Waals surface area (Å²) in [7, 11) is 0. The Labute approximate surface area is 199 Å². The molecule has 3 aromatic carbocycles. The molecule has 1 aliphatic heterocycles. The Morgan fingerprint density at radius 1 is 1.00 bits per heavy atom. The van der Waals surface area contributed by atoms with Gasteiger partial charge in [0.2, 0.25) is 0 Å². The molecule has 0 saturated heterocycles. The summed E-state index contributed by atoms with van der Waals surface area (Å²) < 4.78 is 4.94. The molecular formula is C29H25N3O2. The van der Waals surface area contributed by atoms with Crippen LogP contribution in [0.2, 0.25) is 0 Å². The van der Waals surface area contributed by atoms with Crippen LogP contribution in [0.5, 0.6) is 0 Å². The zero-order chi connectivity index (χ0) is 23.8. The summed E-state index contributed by atoms with van der Waals surface area (Å²) >= 11 is 0. The number of nitriles is 1. The van der Waals surface area contributed by atoms with Gasteiger partial charge in [-0.05, 0) is 47.9 Å². The van der Waals surface area contributed by atoms with Crippen LogP contribution in [-0.4, -0.2) is 18.3 Å². The highest BCUT2D eigenvalue weighted by Gasteiger charge is 2.28. The molecule has 34 heavy (non-hydrogen) atoms. The number of hydrazone groups is 1. The van der Waals surface area contributed by atoms with E-state index >= 15 is 0 Å². The zero-order valence-corrected chi connectivity index (χ0v) is 19.0. The Kier molecular flexibility index (Phi) is 7.32. The number of esters is 1. The average molecular weight is 448 g/mol. The summed E-state index contributed by atoms with van der Waals surface area (Å²) in [5, 5.41) is 16.2. The molecule has 5 heteroatoms. The van der Waals surface area contributed by atoms with Gasteiger partial charge < -0.3 is 4.74 Å². The van der Waals surface area contributed by atoms with Crippen LogP contribution in [0, 0.1) is 11.3 Å². The molecule has 168 valence electrons. The molecule has 1 atom stereocenters. The predicted molar refractivity (Wildman–Crippen MR) is 136 cm³/mol. The third kappa shape index (κ3) is 5.48. The predicted octanol–water partition coefficient (Wildman–Crippen LogP) is 6.18. The number of benzene rings is 3. The van der Waals surface area contributed by atoms with Crippen LogP contribution < -0.4 is 5.01 Å². The van der Waals surface area contributed by atoms with Crippen molar-refractivity contribution in [2.45, 2.75) is 19.4 Å². The van der Waals surface area contributed by atoms with E-state index in [4.69, 9.17) is 9.84 Å².